The van der Waals surface area contributed by atoms with Crippen molar-refractivity contribution in [3.8, 4) is 10.6 Å². The molecule has 0 aliphatic carbocycles. The van der Waals surface area contributed by atoms with Crippen LogP contribution in [0.15, 0.2) is 48.1 Å². The molecule has 5 heteroatoms. The predicted molar refractivity (Wildman–Crippen MR) is 86.5 cm³/mol. The average molecular weight is 296 g/mol. The fraction of sp³-hybridized carbons (Fsp3) is 0.188. The maximum absolute atomic E-state index is 4.67. The van der Waals surface area contributed by atoms with Crippen LogP contribution in [0.2, 0.25) is 0 Å². The molecule has 1 aromatic carbocycles. The van der Waals surface area contributed by atoms with Crippen LogP contribution in [0, 0.1) is 6.92 Å². The third-order valence-corrected chi connectivity index (χ3v) is 4.00. The number of rotatable bonds is 5. The van der Waals surface area contributed by atoms with Gasteiger partial charge in [0.1, 0.15) is 17.2 Å². The zero-order chi connectivity index (χ0) is 14.5. The molecule has 0 fully saturated rings. The number of aryl methyl sites for hydroxylation is 1. The molecule has 2 heterocycles. The van der Waals surface area contributed by atoms with E-state index < -0.39 is 0 Å². The van der Waals surface area contributed by atoms with Crippen LogP contribution in [0.5, 0.6) is 0 Å². The van der Waals surface area contributed by atoms with Crippen molar-refractivity contribution < 1.29 is 0 Å². The van der Waals surface area contributed by atoms with Gasteiger partial charge in [0.15, 0.2) is 0 Å². The molecule has 0 radical (unpaired) electrons. The van der Waals surface area contributed by atoms with Crippen molar-refractivity contribution >= 4 is 17.2 Å². The van der Waals surface area contributed by atoms with Gasteiger partial charge in [-0.05, 0) is 6.92 Å². The van der Waals surface area contributed by atoms with E-state index in [4.69, 9.17) is 0 Å². The van der Waals surface area contributed by atoms with Gasteiger partial charge in [-0.25, -0.2) is 15.0 Å². The zero-order valence-electron chi connectivity index (χ0n) is 11.8. The predicted octanol–water partition coefficient (Wildman–Crippen LogP) is 3.56. The summed E-state index contributed by atoms with van der Waals surface area (Å²) in [7, 11) is 0. The van der Waals surface area contributed by atoms with E-state index in [1.807, 2.05) is 31.2 Å². The molecule has 0 amide bonds. The monoisotopic (exact) mass is 296 g/mol. The number of hydrogen-bond donors (Lipinski definition) is 1. The van der Waals surface area contributed by atoms with Crippen molar-refractivity contribution in [2.75, 3.05) is 11.9 Å². The standard InChI is InChI=1S/C16H16N4S/c1-12-9-15(19-11-18-12)17-8-7-14-10-21-16(20-14)13-5-3-2-4-6-13/h2-6,9-11H,7-8H2,1H3,(H,17,18,19). The Balaban J connectivity index is 1.58. The number of anilines is 1. The van der Waals surface area contributed by atoms with Crippen molar-refractivity contribution in [2.45, 2.75) is 13.3 Å². The van der Waals surface area contributed by atoms with E-state index >= 15 is 0 Å². The summed E-state index contributed by atoms with van der Waals surface area (Å²) in [6, 6.07) is 12.2. The molecule has 0 atom stereocenters. The number of hydrogen-bond acceptors (Lipinski definition) is 5. The van der Waals surface area contributed by atoms with Gasteiger partial charge >= 0.3 is 0 Å². The summed E-state index contributed by atoms with van der Waals surface area (Å²) in [6.45, 7) is 2.77. The Morgan fingerprint density at radius 3 is 2.81 bits per heavy atom. The van der Waals surface area contributed by atoms with Crippen LogP contribution in [-0.2, 0) is 6.42 Å². The molecular weight excluding hydrogens is 280 g/mol. The zero-order valence-corrected chi connectivity index (χ0v) is 12.6. The Labute approximate surface area is 127 Å². The van der Waals surface area contributed by atoms with Crippen LogP contribution in [0.4, 0.5) is 5.82 Å². The van der Waals surface area contributed by atoms with Crippen molar-refractivity contribution in [3.05, 3.63) is 59.5 Å². The Morgan fingerprint density at radius 2 is 2.00 bits per heavy atom. The molecule has 2 aromatic heterocycles. The Kier molecular flexibility index (Phi) is 4.21. The quantitative estimate of drug-likeness (QED) is 0.782. The van der Waals surface area contributed by atoms with E-state index in [1.54, 1.807) is 17.7 Å². The molecule has 0 spiro atoms. The lowest BCUT2D eigenvalue weighted by Crippen LogP contribution is -2.06. The number of benzene rings is 1. The van der Waals surface area contributed by atoms with Crippen molar-refractivity contribution in [1.82, 2.24) is 15.0 Å². The highest BCUT2D eigenvalue weighted by Gasteiger charge is 2.04. The largest absolute Gasteiger partial charge is 0.370 e. The van der Waals surface area contributed by atoms with Gasteiger partial charge in [0, 0.05) is 35.7 Å². The summed E-state index contributed by atoms with van der Waals surface area (Å²) >= 11 is 1.69. The highest BCUT2D eigenvalue weighted by Crippen LogP contribution is 2.23. The topological polar surface area (TPSA) is 50.7 Å². The molecule has 4 nitrogen and oxygen atoms in total. The number of nitrogens with zero attached hydrogens (tertiary/aromatic N) is 3. The lowest BCUT2D eigenvalue weighted by molar-refractivity contribution is 0.962. The highest BCUT2D eigenvalue weighted by molar-refractivity contribution is 7.13. The third kappa shape index (κ3) is 3.64. The van der Waals surface area contributed by atoms with E-state index in [9.17, 15) is 0 Å². The SMILES string of the molecule is Cc1cc(NCCc2csc(-c3ccccc3)n2)ncn1. The maximum atomic E-state index is 4.67. The third-order valence-electron chi connectivity index (χ3n) is 3.06. The molecule has 106 valence electrons. The lowest BCUT2D eigenvalue weighted by Gasteiger charge is -2.04. The maximum Gasteiger partial charge on any atom is 0.129 e. The molecule has 0 saturated carbocycles. The number of thiazole rings is 1. The van der Waals surface area contributed by atoms with Crippen LogP contribution in [0.3, 0.4) is 0 Å². The second kappa shape index (κ2) is 6.45. The first-order valence-electron chi connectivity index (χ1n) is 6.83. The second-order valence-electron chi connectivity index (χ2n) is 4.73. The molecule has 1 N–H and O–H groups in total. The summed E-state index contributed by atoms with van der Waals surface area (Å²) in [4.78, 5) is 12.9. The van der Waals surface area contributed by atoms with Crippen molar-refractivity contribution in [1.29, 1.82) is 0 Å². The average Bonchev–Trinajstić information content (AvgIpc) is 2.97. The smallest absolute Gasteiger partial charge is 0.129 e. The van der Waals surface area contributed by atoms with Gasteiger partial charge in [-0.1, -0.05) is 30.3 Å². The summed E-state index contributed by atoms with van der Waals surface area (Å²) in [6.07, 6.45) is 2.46. The number of nitrogens with one attached hydrogen (secondary N) is 1. The Hall–Kier alpha value is -2.27. The minimum Gasteiger partial charge on any atom is -0.370 e. The molecule has 0 aliphatic heterocycles. The van der Waals surface area contributed by atoms with Gasteiger partial charge < -0.3 is 5.32 Å². The molecule has 3 rings (SSSR count). The first-order valence-corrected chi connectivity index (χ1v) is 7.71. The van der Waals surface area contributed by atoms with E-state index in [2.05, 4.69) is 37.8 Å². The summed E-state index contributed by atoms with van der Waals surface area (Å²) in [5.74, 6) is 0.862. The van der Waals surface area contributed by atoms with E-state index in [1.165, 1.54) is 5.56 Å². The first-order chi connectivity index (χ1) is 10.3. The lowest BCUT2D eigenvalue weighted by atomic mass is 10.2. The molecule has 3 aromatic rings. The molecule has 0 unspecified atom stereocenters. The van der Waals surface area contributed by atoms with Gasteiger partial charge in [-0.3, -0.25) is 0 Å². The normalized spacial score (nSPS) is 10.5. The summed E-state index contributed by atoms with van der Waals surface area (Å²) in [5, 5.41) is 6.49. The minimum atomic E-state index is 0.814. The van der Waals surface area contributed by atoms with Crippen LogP contribution >= 0.6 is 11.3 Å². The van der Waals surface area contributed by atoms with Gasteiger partial charge in [-0.2, -0.15) is 0 Å². The minimum absolute atomic E-state index is 0.814. The summed E-state index contributed by atoms with van der Waals surface area (Å²) < 4.78 is 0. The Morgan fingerprint density at radius 1 is 1.14 bits per heavy atom. The summed E-state index contributed by atoms with van der Waals surface area (Å²) in [5.41, 5.74) is 3.25. The van der Waals surface area contributed by atoms with Crippen molar-refractivity contribution in [3.63, 3.8) is 0 Å². The van der Waals surface area contributed by atoms with E-state index in [-0.39, 0.29) is 0 Å². The van der Waals surface area contributed by atoms with E-state index in [0.29, 0.717) is 0 Å². The van der Waals surface area contributed by atoms with Crippen LogP contribution in [0.25, 0.3) is 10.6 Å². The van der Waals surface area contributed by atoms with Gasteiger partial charge in [0.25, 0.3) is 0 Å². The molecule has 21 heavy (non-hydrogen) atoms. The fourth-order valence-electron chi connectivity index (χ4n) is 2.00. The Bertz CT molecular complexity index is 709. The molecular formula is C16H16N4S. The number of aromatic nitrogens is 3. The first kappa shape index (κ1) is 13.7. The molecule has 0 bridgehead atoms. The van der Waals surface area contributed by atoms with Gasteiger partial charge in [-0.15, -0.1) is 11.3 Å². The van der Waals surface area contributed by atoms with Gasteiger partial charge in [0.05, 0.1) is 5.69 Å². The highest BCUT2D eigenvalue weighted by atomic mass is 32.1. The second-order valence-corrected chi connectivity index (χ2v) is 5.59. The fourth-order valence-corrected chi connectivity index (χ4v) is 2.87. The van der Waals surface area contributed by atoms with Gasteiger partial charge in [0.2, 0.25) is 0 Å². The van der Waals surface area contributed by atoms with Crippen LogP contribution < -0.4 is 5.32 Å². The molecule has 0 saturated heterocycles. The molecule has 0 aliphatic rings. The van der Waals surface area contributed by atoms with Crippen LogP contribution in [-0.4, -0.2) is 21.5 Å². The van der Waals surface area contributed by atoms with Crippen LogP contribution in [0.1, 0.15) is 11.4 Å². The van der Waals surface area contributed by atoms with E-state index in [0.717, 1.165) is 35.2 Å². The van der Waals surface area contributed by atoms with Crippen molar-refractivity contribution in [2.24, 2.45) is 0 Å².